The number of amides is 3. The van der Waals surface area contributed by atoms with Gasteiger partial charge in [-0.1, -0.05) is 91.9 Å². The Labute approximate surface area is 278 Å². The zero-order chi connectivity index (χ0) is 33.7. The SMILES string of the molecule is CCC(=O)ONC(=O)c1cccc(OCCN(C(=O)c2ccccc2)C(=O)c2ccccc2)c1-c1ccc(OCc2ccccc2)cc1. The summed E-state index contributed by atoms with van der Waals surface area (Å²) in [4.78, 5) is 58.1. The lowest BCUT2D eigenvalue weighted by Gasteiger charge is -2.22. The Morgan fingerprint density at radius 2 is 1.23 bits per heavy atom. The lowest BCUT2D eigenvalue weighted by molar-refractivity contribution is -0.148. The Morgan fingerprint density at radius 1 is 0.646 bits per heavy atom. The smallest absolute Gasteiger partial charge is 0.331 e. The van der Waals surface area contributed by atoms with Crippen molar-refractivity contribution < 1.29 is 33.5 Å². The van der Waals surface area contributed by atoms with E-state index in [1.807, 2.05) is 30.3 Å². The minimum atomic E-state index is -0.651. The van der Waals surface area contributed by atoms with Crippen LogP contribution in [0.1, 0.15) is 50.0 Å². The fourth-order valence-corrected chi connectivity index (χ4v) is 4.84. The number of imide groups is 1. The van der Waals surface area contributed by atoms with E-state index >= 15 is 0 Å². The van der Waals surface area contributed by atoms with Crippen molar-refractivity contribution in [3.8, 4) is 22.6 Å². The lowest BCUT2D eigenvalue weighted by atomic mass is 9.98. The number of hydroxylamine groups is 1. The summed E-state index contributed by atoms with van der Waals surface area (Å²) in [5, 5.41) is 0. The molecule has 0 aliphatic rings. The van der Waals surface area contributed by atoms with Gasteiger partial charge in [0, 0.05) is 23.1 Å². The molecule has 0 bridgehead atoms. The summed E-state index contributed by atoms with van der Waals surface area (Å²) in [7, 11) is 0. The van der Waals surface area contributed by atoms with E-state index in [4.69, 9.17) is 14.3 Å². The molecular formula is C39H34N2O7. The predicted molar refractivity (Wildman–Crippen MR) is 180 cm³/mol. The maximum absolute atomic E-state index is 13.5. The van der Waals surface area contributed by atoms with Gasteiger partial charge in [-0.15, -0.1) is 0 Å². The quantitative estimate of drug-likeness (QED) is 0.117. The summed E-state index contributed by atoms with van der Waals surface area (Å²) in [5.74, 6) is -1.24. The molecule has 242 valence electrons. The number of carbonyl (C=O) groups excluding carboxylic acids is 4. The van der Waals surface area contributed by atoms with Crippen molar-refractivity contribution >= 4 is 23.7 Å². The zero-order valence-electron chi connectivity index (χ0n) is 26.3. The summed E-state index contributed by atoms with van der Waals surface area (Å²) in [5.41, 5.74) is 5.19. The molecule has 0 saturated carbocycles. The molecule has 0 atom stereocenters. The second-order valence-corrected chi connectivity index (χ2v) is 10.6. The van der Waals surface area contributed by atoms with Crippen LogP contribution in [0.5, 0.6) is 11.5 Å². The van der Waals surface area contributed by atoms with Crippen LogP contribution in [0.25, 0.3) is 11.1 Å². The monoisotopic (exact) mass is 642 g/mol. The molecule has 0 aromatic heterocycles. The number of carbonyl (C=O) groups is 4. The molecule has 48 heavy (non-hydrogen) atoms. The third kappa shape index (κ3) is 8.52. The molecule has 9 nitrogen and oxygen atoms in total. The largest absolute Gasteiger partial charge is 0.491 e. The minimum Gasteiger partial charge on any atom is -0.491 e. The average Bonchev–Trinajstić information content (AvgIpc) is 3.15. The first-order chi connectivity index (χ1) is 23.4. The van der Waals surface area contributed by atoms with Gasteiger partial charge in [0.05, 0.1) is 12.1 Å². The van der Waals surface area contributed by atoms with E-state index in [9.17, 15) is 19.2 Å². The summed E-state index contributed by atoms with van der Waals surface area (Å²) < 4.78 is 12.1. The van der Waals surface area contributed by atoms with Crippen LogP contribution in [-0.2, 0) is 16.2 Å². The molecule has 0 fully saturated rings. The van der Waals surface area contributed by atoms with Gasteiger partial charge in [-0.05, 0) is 59.7 Å². The summed E-state index contributed by atoms with van der Waals surface area (Å²) in [6, 6.07) is 38.9. The standard InChI is InChI=1S/C39H34N2O7/c1-2-35(42)48-40-37(43)33-19-12-20-34(36(33)29-21-23-32(24-22-29)47-27-28-13-6-3-7-14-28)46-26-25-41(38(44)30-15-8-4-9-16-30)39(45)31-17-10-5-11-18-31/h3-24H,2,25-27H2,1H3,(H,40,43). The topological polar surface area (TPSA) is 111 Å². The van der Waals surface area contributed by atoms with Crippen LogP contribution in [0.4, 0.5) is 0 Å². The van der Waals surface area contributed by atoms with Gasteiger partial charge >= 0.3 is 5.97 Å². The minimum absolute atomic E-state index is 0.0711. The number of hydrogen-bond donors (Lipinski definition) is 1. The summed E-state index contributed by atoms with van der Waals surface area (Å²) in [6.07, 6.45) is 0.0840. The van der Waals surface area contributed by atoms with E-state index in [1.165, 1.54) is 0 Å². The molecule has 5 aromatic carbocycles. The first kappa shape index (κ1) is 33.2. The number of rotatable bonds is 12. The molecule has 5 aromatic rings. The molecular weight excluding hydrogens is 608 g/mol. The highest BCUT2D eigenvalue weighted by atomic mass is 16.7. The molecule has 0 spiro atoms. The van der Waals surface area contributed by atoms with Gasteiger partial charge in [0.15, 0.2) is 0 Å². The van der Waals surface area contributed by atoms with Gasteiger partial charge in [0.2, 0.25) is 0 Å². The molecule has 0 heterocycles. The third-order valence-electron chi connectivity index (χ3n) is 7.31. The summed E-state index contributed by atoms with van der Waals surface area (Å²) >= 11 is 0. The Morgan fingerprint density at radius 3 is 1.81 bits per heavy atom. The number of benzene rings is 5. The van der Waals surface area contributed by atoms with Crippen LogP contribution >= 0.6 is 0 Å². The molecule has 0 aliphatic carbocycles. The second-order valence-electron chi connectivity index (χ2n) is 10.6. The first-order valence-corrected chi connectivity index (χ1v) is 15.4. The van der Waals surface area contributed by atoms with Gasteiger partial charge in [0.25, 0.3) is 17.7 Å². The van der Waals surface area contributed by atoms with E-state index in [2.05, 4.69) is 5.48 Å². The van der Waals surface area contributed by atoms with Crippen LogP contribution in [0.15, 0.2) is 133 Å². The van der Waals surface area contributed by atoms with Crippen molar-refractivity contribution in [3.63, 3.8) is 0 Å². The van der Waals surface area contributed by atoms with Crippen LogP contribution in [0, 0.1) is 0 Å². The van der Waals surface area contributed by atoms with Gasteiger partial charge in [-0.2, -0.15) is 5.48 Å². The maximum Gasteiger partial charge on any atom is 0.331 e. The molecule has 0 unspecified atom stereocenters. The van der Waals surface area contributed by atoms with Crippen molar-refractivity contribution in [3.05, 3.63) is 156 Å². The fourth-order valence-electron chi connectivity index (χ4n) is 4.84. The number of nitrogens with one attached hydrogen (secondary N) is 1. The lowest BCUT2D eigenvalue weighted by Crippen LogP contribution is -2.39. The maximum atomic E-state index is 13.5. The zero-order valence-corrected chi connectivity index (χ0v) is 26.3. The average molecular weight is 643 g/mol. The Balaban J connectivity index is 1.40. The Hall–Kier alpha value is -6.22. The predicted octanol–water partition coefficient (Wildman–Crippen LogP) is 6.89. The molecule has 1 N–H and O–H groups in total. The van der Waals surface area contributed by atoms with E-state index in [-0.39, 0.29) is 25.1 Å². The van der Waals surface area contributed by atoms with Crippen LogP contribution in [0.3, 0.4) is 0 Å². The number of nitrogens with zero attached hydrogens (tertiary/aromatic N) is 1. The molecule has 5 rings (SSSR count). The van der Waals surface area contributed by atoms with E-state index in [0.29, 0.717) is 40.4 Å². The normalized spacial score (nSPS) is 10.4. The van der Waals surface area contributed by atoms with E-state index < -0.39 is 23.7 Å². The third-order valence-corrected chi connectivity index (χ3v) is 7.31. The van der Waals surface area contributed by atoms with Crippen molar-refractivity contribution in [1.29, 1.82) is 0 Å². The van der Waals surface area contributed by atoms with Gasteiger partial charge in [-0.25, -0.2) is 4.79 Å². The van der Waals surface area contributed by atoms with Crippen molar-refractivity contribution in [2.75, 3.05) is 13.2 Å². The van der Waals surface area contributed by atoms with Crippen molar-refractivity contribution in [2.45, 2.75) is 20.0 Å². The van der Waals surface area contributed by atoms with E-state index in [0.717, 1.165) is 10.5 Å². The van der Waals surface area contributed by atoms with Crippen molar-refractivity contribution in [1.82, 2.24) is 10.4 Å². The highest BCUT2D eigenvalue weighted by Gasteiger charge is 2.25. The highest BCUT2D eigenvalue weighted by molar-refractivity contribution is 6.10. The Bertz CT molecular complexity index is 1790. The van der Waals surface area contributed by atoms with Gasteiger partial charge in [-0.3, -0.25) is 19.3 Å². The fraction of sp³-hybridized carbons (Fsp3) is 0.128. The molecule has 0 aliphatic heterocycles. The summed E-state index contributed by atoms with van der Waals surface area (Å²) in [6.45, 7) is 1.86. The molecule has 9 heteroatoms. The second kappa shape index (κ2) is 16.4. The van der Waals surface area contributed by atoms with Crippen LogP contribution in [0.2, 0.25) is 0 Å². The highest BCUT2D eigenvalue weighted by Crippen LogP contribution is 2.35. The van der Waals surface area contributed by atoms with Gasteiger partial charge < -0.3 is 14.3 Å². The van der Waals surface area contributed by atoms with Crippen molar-refractivity contribution in [2.24, 2.45) is 0 Å². The molecule has 0 radical (unpaired) electrons. The molecule has 0 saturated heterocycles. The van der Waals surface area contributed by atoms with E-state index in [1.54, 1.807) is 110 Å². The Kier molecular flexibility index (Phi) is 11.3. The van der Waals surface area contributed by atoms with Crippen LogP contribution < -0.4 is 15.0 Å². The van der Waals surface area contributed by atoms with Gasteiger partial charge in [0.1, 0.15) is 24.7 Å². The molecule has 3 amide bonds. The number of ether oxygens (including phenoxy) is 2. The number of hydrogen-bond acceptors (Lipinski definition) is 7. The first-order valence-electron chi connectivity index (χ1n) is 15.4. The van der Waals surface area contributed by atoms with Crippen LogP contribution in [-0.4, -0.2) is 41.7 Å².